The molecule has 0 aliphatic heterocycles. The summed E-state index contributed by atoms with van der Waals surface area (Å²) in [6.45, 7) is 0. The van der Waals surface area contributed by atoms with Crippen molar-refractivity contribution in [3.05, 3.63) is 66.0 Å². The molecule has 2 nitrogen and oxygen atoms in total. The number of amides is 1. The Kier molecular flexibility index (Phi) is 5.94. The second-order valence-electron chi connectivity index (χ2n) is 3.39. The lowest BCUT2D eigenvalue weighted by atomic mass is 10.2. The first-order chi connectivity index (χ1) is 8.63. The third kappa shape index (κ3) is 5.01. The van der Waals surface area contributed by atoms with E-state index in [9.17, 15) is 9.18 Å². The average Bonchev–Trinajstić information content (AvgIpc) is 2.40. The molecule has 1 amide bonds. The maximum Gasteiger partial charge on any atom is 0.248 e. The molecule has 0 aliphatic rings. The Morgan fingerprint density at radius 1 is 1.06 bits per heavy atom. The largest absolute Gasteiger partial charge is 0.366 e. The predicted molar refractivity (Wildman–Crippen MR) is 73.1 cm³/mol. The molecule has 0 saturated carbocycles. The summed E-state index contributed by atoms with van der Waals surface area (Å²) in [4.78, 5) is 11.8. The van der Waals surface area contributed by atoms with Crippen LogP contribution in [0.2, 0.25) is 0 Å². The summed E-state index contributed by atoms with van der Waals surface area (Å²) in [5.41, 5.74) is 5.62. The van der Waals surface area contributed by atoms with E-state index >= 15 is 0 Å². The molecule has 0 saturated heterocycles. The van der Waals surface area contributed by atoms with Crippen LogP contribution >= 0.6 is 11.8 Å². The molecule has 2 N–H and O–H groups in total. The lowest BCUT2D eigenvalue weighted by Gasteiger charge is -1.96. The minimum absolute atomic E-state index is 0.178. The smallest absolute Gasteiger partial charge is 0.248 e. The Morgan fingerprint density at radius 2 is 1.61 bits per heavy atom. The van der Waals surface area contributed by atoms with Crippen molar-refractivity contribution in [2.24, 2.45) is 5.73 Å². The quantitative estimate of drug-likeness (QED) is 0.844. The van der Waals surface area contributed by atoms with Crippen molar-refractivity contribution in [3.8, 4) is 0 Å². The Hall–Kier alpha value is -1.81. The number of benzene rings is 2. The molecule has 0 spiro atoms. The highest BCUT2D eigenvalue weighted by Gasteiger charge is 1.97. The molecule has 0 unspecified atom stereocenters. The number of hydrogen-bond donors (Lipinski definition) is 1. The molecule has 0 aliphatic carbocycles. The molecule has 94 valence electrons. The van der Waals surface area contributed by atoms with Gasteiger partial charge in [0, 0.05) is 10.5 Å². The molecule has 2 aromatic rings. The Labute approximate surface area is 110 Å². The van der Waals surface area contributed by atoms with E-state index in [1.807, 2.05) is 18.4 Å². The van der Waals surface area contributed by atoms with Crippen molar-refractivity contribution in [1.29, 1.82) is 0 Å². The van der Waals surface area contributed by atoms with Gasteiger partial charge in [0.05, 0.1) is 0 Å². The summed E-state index contributed by atoms with van der Waals surface area (Å²) in [5.74, 6) is -0.555. The normalized spacial score (nSPS) is 9.22. The van der Waals surface area contributed by atoms with Crippen LogP contribution in [0.25, 0.3) is 0 Å². The monoisotopic (exact) mass is 263 g/mol. The number of primary amides is 1. The molecule has 0 bridgehead atoms. The zero-order valence-electron chi connectivity index (χ0n) is 9.97. The van der Waals surface area contributed by atoms with Crippen LogP contribution in [0.5, 0.6) is 0 Å². The molecule has 0 aromatic heterocycles. The van der Waals surface area contributed by atoms with Gasteiger partial charge in [0.15, 0.2) is 0 Å². The van der Waals surface area contributed by atoms with Gasteiger partial charge in [-0.2, -0.15) is 0 Å². The van der Waals surface area contributed by atoms with Crippen LogP contribution in [-0.4, -0.2) is 12.2 Å². The van der Waals surface area contributed by atoms with E-state index < -0.39 is 0 Å². The van der Waals surface area contributed by atoms with Gasteiger partial charge in [0.25, 0.3) is 0 Å². The number of carbonyl (C=O) groups excluding carboxylic acids is 1. The van der Waals surface area contributed by atoms with E-state index in [2.05, 4.69) is 0 Å². The molecule has 0 radical (unpaired) electrons. The predicted octanol–water partition coefficient (Wildman–Crippen LogP) is 3.33. The fourth-order valence-electron chi connectivity index (χ4n) is 1.17. The van der Waals surface area contributed by atoms with Crippen LogP contribution in [0.15, 0.2) is 59.5 Å². The number of nitrogens with two attached hydrogens (primary N) is 1. The Morgan fingerprint density at radius 3 is 1.94 bits per heavy atom. The van der Waals surface area contributed by atoms with Gasteiger partial charge in [-0.15, -0.1) is 11.8 Å². The summed E-state index contributed by atoms with van der Waals surface area (Å²) in [6, 6.07) is 15.2. The molecular formula is C14H14FNOS. The van der Waals surface area contributed by atoms with Crippen molar-refractivity contribution in [2.75, 3.05) is 6.26 Å². The van der Waals surface area contributed by atoms with Crippen molar-refractivity contribution in [2.45, 2.75) is 4.90 Å². The first kappa shape index (κ1) is 14.3. The first-order valence-electron chi connectivity index (χ1n) is 5.28. The van der Waals surface area contributed by atoms with Crippen molar-refractivity contribution < 1.29 is 9.18 Å². The maximum atomic E-state index is 11.9. The Bertz CT molecular complexity index is 485. The van der Waals surface area contributed by atoms with E-state index in [4.69, 9.17) is 5.73 Å². The summed E-state index contributed by atoms with van der Waals surface area (Å²) >= 11 is 1.64. The van der Waals surface area contributed by atoms with Crippen LogP contribution < -0.4 is 5.73 Å². The molecule has 2 aromatic carbocycles. The van der Waals surface area contributed by atoms with Crippen molar-refractivity contribution in [1.82, 2.24) is 0 Å². The van der Waals surface area contributed by atoms with E-state index in [1.165, 1.54) is 12.1 Å². The van der Waals surface area contributed by atoms with Gasteiger partial charge in [-0.05, 0) is 42.7 Å². The number of hydrogen-bond acceptors (Lipinski definition) is 2. The summed E-state index contributed by atoms with van der Waals surface area (Å²) in [5, 5.41) is 0. The van der Waals surface area contributed by atoms with Gasteiger partial charge in [0.1, 0.15) is 5.82 Å². The van der Waals surface area contributed by atoms with E-state index in [1.54, 1.807) is 42.1 Å². The first-order valence-corrected chi connectivity index (χ1v) is 6.50. The fourth-order valence-corrected chi connectivity index (χ4v) is 1.58. The molecule has 4 heteroatoms. The highest BCUT2D eigenvalue weighted by Crippen LogP contribution is 2.14. The van der Waals surface area contributed by atoms with Gasteiger partial charge >= 0.3 is 0 Å². The number of carbonyl (C=O) groups is 1. The SMILES string of the molecule is CSc1ccc(C(N)=O)cc1.Fc1ccccc1. The molecular weight excluding hydrogens is 249 g/mol. The van der Waals surface area contributed by atoms with Crippen LogP contribution in [0.3, 0.4) is 0 Å². The number of rotatable bonds is 2. The van der Waals surface area contributed by atoms with Gasteiger partial charge in [0.2, 0.25) is 5.91 Å². The van der Waals surface area contributed by atoms with Crippen LogP contribution in [0.4, 0.5) is 4.39 Å². The van der Waals surface area contributed by atoms with Crippen LogP contribution in [-0.2, 0) is 0 Å². The van der Waals surface area contributed by atoms with E-state index in [0.29, 0.717) is 5.56 Å². The molecule has 0 fully saturated rings. The zero-order valence-corrected chi connectivity index (χ0v) is 10.8. The van der Waals surface area contributed by atoms with Gasteiger partial charge in [-0.3, -0.25) is 4.79 Å². The number of halogens is 1. The van der Waals surface area contributed by atoms with Gasteiger partial charge in [-0.1, -0.05) is 18.2 Å². The molecule has 2 rings (SSSR count). The van der Waals surface area contributed by atoms with E-state index in [-0.39, 0.29) is 11.7 Å². The van der Waals surface area contributed by atoms with E-state index in [0.717, 1.165) is 4.90 Å². The topological polar surface area (TPSA) is 43.1 Å². The maximum absolute atomic E-state index is 11.9. The second-order valence-corrected chi connectivity index (χ2v) is 4.27. The van der Waals surface area contributed by atoms with Crippen LogP contribution in [0, 0.1) is 5.82 Å². The van der Waals surface area contributed by atoms with Crippen LogP contribution in [0.1, 0.15) is 10.4 Å². The fraction of sp³-hybridized carbons (Fsp3) is 0.0714. The summed E-state index contributed by atoms with van der Waals surface area (Å²) < 4.78 is 11.9. The molecule has 0 heterocycles. The minimum Gasteiger partial charge on any atom is -0.366 e. The van der Waals surface area contributed by atoms with Gasteiger partial charge in [-0.25, -0.2) is 4.39 Å². The highest BCUT2D eigenvalue weighted by atomic mass is 32.2. The third-order valence-electron chi connectivity index (χ3n) is 2.11. The zero-order chi connectivity index (χ0) is 13.4. The highest BCUT2D eigenvalue weighted by molar-refractivity contribution is 7.98. The average molecular weight is 263 g/mol. The van der Waals surface area contributed by atoms with Crippen molar-refractivity contribution >= 4 is 17.7 Å². The van der Waals surface area contributed by atoms with Crippen molar-refractivity contribution in [3.63, 3.8) is 0 Å². The Balaban J connectivity index is 0.000000199. The lowest BCUT2D eigenvalue weighted by Crippen LogP contribution is -2.10. The number of thioether (sulfide) groups is 1. The third-order valence-corrected chi connectivity index (χ3v) is 2.85. The molecule has 18 heavy (non-hydrogen) atoms. The van der Waals surface area contributed by atoms with Gasteiger partial charge < -0.3 is 5.73 Å². The second kappa shape index (κ2) is 7.50. The summed E-state index contributed by atoms with van der Waals surface area (Å²) in [6.07, 6.45) is 1.99. The summed E-state index contributed by atoms with van der Waals surface area (Å²) in [7, 11) is 0. The molecule has 0 atom stereocenters. The minimum atomic E-state index is -0.377. The standard InChI is InChI=1S/C8H9NOS.C6H5F/c1-11-7-4-2-6(3-5-7)8(9)10;7-6-4-2-1-3-5-6/h2-5H,1H3,(H2,9,10);1-5H. The lowest BCUT2D eigenvalue weighted by molar-refractivity contribution is 0.1000.